The summed E-state index contributed by atoms with van der Waals surface area (Å²) in [7, 11) is 0. The largest absolute Gasteiger partial charge is 0.356 e. The number of fused-ring (bicyclic) bond motifs is 4. The number of hydrogen-bond acceptors (Lipinski definition) is 6. The van der Waals surface area contributed by atoms with E-state index >= 15 is 0 Å². The Morgan fingerprint density at radius 2 is 2.10 bits per heavy atom. The number of carbonyl (C=O) groups excluding carboxylic acids is 1. The summed E-state index contributed by atoms with van der Waals surface area (Å²) in [6.07, 6.45) is 1.03. The Labute approximate surface area is 192 Å². The summed E-state index contributed by atoms with van der Waals surface area (Å²) >= 11 is 12.8. The van der Waals surface area contributed by atoms with Crippen molar-refractivity contribution in [1.82, 2.24) is 9.47 Å². The van der Waals surface area contributed by atoms with Crippen LogP contribution in [0.5, 0.6) is 0 Å². The van der Waals surface area contributed by atoms with E-state index in [1.807, 2.05) is 10.6 Å². The van der Waals surface area contributed by atoms with Crippen LogP contribution in [0.25, 0.3) is 0 Å². The monoisotopic (exact) mass is 478 g/mol. The number of likely N-dealkylation sites (tertiary alicyclic amines) is 1. The molecule has 2 aliphatic rings. The maximum atomic E-state index is 12.4. The van der Waals surface area contributed by atoms with Crippen molar-refractivity contribution in [3.8, 4) is 0 Å². The van der Waals surface area contributed by atoms with Gasteiger partial charge in [0.05, 0.1) is 21.4 Å². The van der Waals surface area contributed by atoms with Crippen LogP contribution in [0.4, 0.5) is 11.4 Å². The van der Waals surface area contributed by atoms with Crippen molar-refractivity contribution in [2.75, 3.05) is 24.2 Å². The van der Waals surface area contributed by atoms with Crippen LogP contribution < -0.4 is 10.9 Å². The zero-order valence-electron chi connectivity index (χ0n) is 16.3. The molecule has 2 atom stereocenters. The molecule has 0 aliphatic carbocycles. The number of nitrogens with one attached hydrogen (secondary N) is 1. The average Bonchev–Trinajstić information content (AvgIpc) is 2.74. The number of nitro benzene ring substituents is 1. The number of nitro groups is 1. The smallest absolute Gasteiger partial charge is 0.271 e. The zero-order chi connectivity index (χ0) is 22.1. The molecular weight excluding hydrogens is 460 g/mol. The van der Waals surface area contributed by atoms with Crippen molar-refractivity contribution in [2.24, 2.45) is 5.92 Å². The maximum absolute atomic E-state index is 12.4. The second-order valence-electron chi connectivity index (χ2n) is 7.63. The number of thiocarbonyl (C=S) groups is 1. The SMILES string of the molecule is O=C(CSC(=S)N1C[C@H]2C[C@@H](C1)c1cccc(=O)n1C2)Nc1cc([N+](=O)[O-])ccc1Cl. The van der Waals surface area contributed by atoms with E-state index in [2.05, 4.69) is 10.2 Å². The molecule has 0 saturated carbocycles. The molecule has 2 bridgehead atoms. The summed E-state index contributed by atoms with van der Waals surface area (Å²) in [5, 5.41) is 13.8. The van der Waals surface area contributed by atoms with Crippen molar-refractivity contribution in [3.63, 3.8) is 0 Å². The Balaban J connectivity index is 1.36. The Bertz CT molecular complexity index is 1120. The minimum atomic E-state index is -0.546. The van der Waals surface area contributed by atoms with Gasteiger partial charge in [-0.3, -0.25) is 19.7 Å². The summed E-state index contributed by atoms with van der Waals surface area (Å²) in [6, 6.07) is 9.27. The fourth-order valence-electron chi connectivity index (χ4n) is 4.17. The summed E-state index contributed by atoms with van der Waals surface area (Å²) in [5.41, 5.74) is 1.12. The highest BCUT2D eigenvalue weighted by atomic mass is 35.5. The molecule has 1 aromatic heterocycles. The number of carbonyl (C=O) groups is 1. The lowest BCUT2D eigenvalue weighted by molar-refractivity contribution is -0.384. The molecule has 1 N–H and O–H groups in total. The van der Waals surface area contributed by atoms with E-state index in [-0.39, 0.29) is 39.5 Å². The fraction of sp³-hybridized carbons (Fsp3) is 0.350. The first-order chi connectivity index (χ1) is 14.8. The van der Waals surface area contributed by atoms with Crippen molar-refractivity contribution in [2.45, 2.75) is 18.9 Å². The van der Waals surface area contributed by atoms with Gasteiger partial charge in [0.1, 0.15) is 4.32 Å². The summed E-state index contributed by atoms with van der Waals surface area (Å²) in [5.74, 6) is 0.295. The number of rotatable bonds is 4. The number of amides is 1. The minimum Gasteiger partial charge on any atom is -0.356 e. The standard InChI is InChI=1S/C20H19ClN4O4S2/c21-15-5-4-14(25(28)29)7-16(15)22-18(26)11-31-20(30)23-8-12-6-13(10-23)17-2-1-3-19(27)24(17)9-12/h1-5,7,12-13H,6,8-11H2,(H,22,26)/t12-,13+/m1/s1. The van der Waals surface area contributed by atoms with Crippen LogP contribution in [-0.4, -0.2) is 43.5 Å². The zero-order valence-corrected chi connectivity index (χ0v) is 18.7. The molecule has 1 amide bonds. The second-order valence-corrected chi connectivity index (χ2v) is 9.64. The van der Waals surface area contributed by atoms with Gasteiger partial charge in [0.2, 0.25) is 5.91 Å². The molecule has 0 spiro atoms. The molecule has 2 aliphatic heterocycles. The van der Waals surface area contributed by atoms with E-state index in [0.717, 1.165) is 18.7 Å². The molecule has 8 nitrogen and oxygen atoms in total. The quantitative estimate of drug-likeness (QED) is 0.408. The third-order valence-electron chi connectivity index (χ3n) is 5.50. The van der Waals surface area contributed by atoms with Crippen LogP contribution in [0.2, 0.25) is 5.02 Å². The topological polar surface area (TPSA) is 97.5 Å². The third kappa shape index (κ3) is 4.76. The molecule has 0 radical (unpaired) electrons. The first kappa shape index (κ1) is 21.8. The van der Waals surface area contributed by atoms with Crippen LogP contribution >= 0.6 is 35.6 Å². The van der Waals surface area contributed by atoms with Crippen molar-refractivity contribution < 1.29 is 9.72 Å². The lowest BCUT2D eigenvalue weighted by atomic mass is 9.83. The maximum Gasteiger partial charge on any atom is 0.271 e. The van der Waals surface area contributed by atoms with E-state index in [1.165, 1.54) is 30.0 Å². The van der Waals surface area contributed by atoms with Gasteiger partial charge < -0.3 is 14.8 Å². The number of pyridine rings is 1. The molecule has 11 heteroatoms. The number of hydrogen-bond donors (Lipinski definition) is 1. The van der Waals surface area contributed by atoms with E-state index in [0.29, 0.717) is 23.3 Å². The number of anilines is 1. The Hall–Kier alpha value is -2.43. The molecule has 1 fully saturated rings. The second kappa shape index (κ2) is 8.97. The molecule has 0 unspecified atom stereocenters. The summed E-state index contributed by atoms with van der Waals surface area (Å²) in [6.45, 7) is 2.15. The number of benzene rings is 1. The van der Waals surface area contributed by atoms with Crippen LogP contribution in [-0.2, 0) is 11.3 Å². The van der Waals surface area contributed by atoms with E-state index in [9.17, 15) is 19.7 Å². The number of thioether (sulfide) groups is 1. The molecule has 4 rings (SSSR count). The predicted octanol–water partition coefficient (Wildman–Crippen LogP) is 3.49. The third-order valence-corrected chi connectivity index (χ3v) is 7.35. The van der Waals surface area contributed by atoms with Gasteiger partial charge in [0.25, 0.3) is 11.2 Å². The van der Waals surface area contributed by atoms with Gasteiger partial charge >= 0.3 is 0 Å². The van der Waals surface area contributed by atoms with Crippen LogP contribution in [0.3, 0.4) is 0 Å². The molecule has 3 heterocycles. The van der Waals surface area contributed by atoms with Gasteiger partial charge in [-0.25, -0.2) is 0 Å². The Morgan fingerprint density at radius 3 is 2.87 bits per heavy atom. The van der Waals surface area contributed by atoms with Gasteiger partial charge in [-0.2, -0.15) is 0 Å². The van der Waals surface area contributed by atoms with Crippen molar-refractivity contribution >= 4 is 57.2 Å². The van der Waals surface area contributed by atoms with Crippen molar-refractivity contribution in [1.29, 1.82) is 0 Å². The molecular formula is C20H19ClN4O4S2. The van der Waals surface area contributed by atoms with Gasteiger partial charge in [0.15, 0.2) is 0 Å². The van der Waals surface area contributed by atoms with Gasteiger partial charge in [-0.05, 0) is 24.5 Å². The lowest BCUT2D eigenvalue weighted by Crippen LogP contribution is -2.48. The normalized spacial score (nSPS) is 19.5. The minimum absolute atomic E-state index is 0.0362. The van der Waals surface area contributed by atoms with E-state index < -0.39 is 4.92 Å². The van der Waals surface area contributed by atoms with E-state index in [4.69, 9.17) is 23.8 Å². The van der Waals surface area contributed by atoms with Crippen LogP contribution in [0.1, 0.15) is 18.0 Å². The predicted molar refractivity (Wildman–Crippen MR) is 125 cm³/mol. The Morgan fingerprint density at radius 1 is 1.29 bits per heavy atom. The Kier molecular flexibility index (Phi) is 6.31. The van der Waals surface area contributed by atoms with Crippen molar-refractivity contribution in [3.05, 3.63) is 67.6 Å². The van der Waals surface area contributed by atoms with Gasteiger partial charge in [-0.15, -0.1) is 0 Å². The highest BCUT2D eigenvalue weighted by Crippen LogP contribution is 2.36. The number of aromatic nitrogens is 1. The molecule has 31 heavy (non-hydrogen) atoms. The number of piperidine rings is 1. The molecule has 162 valence electrons. The van der Waals surface area contributed by atoms with E-state index in [1.54, 1.807) is 12.1 Å². The van der Waals surface area contributed by atoms with Gasteiger partial charge in [-0.1, -0.05) is 41.6 Å². The first-order valence-corrected chi connectivity index (χ1v) is 11.4. The summed E-state index contributed by atoms with van der Waals surface area (Å²) < 4.78 is 2.49. The highest BCUT2D eigenvalue weighted by molar-refractivity contribution is 8.23. The highest BCUT2D eigenvalue weighted by Gasteiger charge is 2.35. The lowest BCUT2D eigenvalue weighted by Gasteiger charge is -2.43. The first-order valence-electron chi connectivity index (χ1n) is 9.67. The fourth-order valence-corrected chi connectivity index (χ4v) is 5.32. The van der Waals surface area contributed by atoms with Crippen LogP contribution in [0.15, 0.2) is 41.2 Å². The molecule has 1 saturated heterocycles. The number of nitrogens with zero attached hydrogens (tertiary/aromatic N) is 3. The van der Waals surface area contributed by atoms with Crippen LogP contribution in [0, 0.1) is 16.0 Å². The summed E-state index contributed by atoms with van der Waals surface area (Å²) in [4.78, 5) is 37.0. The molecule has 2 aromatic rings. The van der Waals surface area contributed by atoms with Gasteiger partial charge in [0, 0.05) is 49.4 Å². The number of non-ortho nitro benzene ring substituents is 1. The molecule has 1 aromatic carbocycles. The number of halogens is 1. The average molecular weight is 479 g/mol.